The lowest BCUT2D eigenvalue weighted by atomic mass is 10.0. The Hall–Kier alpha value is -3.27. The van der Waals surface area contributed by atoms with Gasteiger partial charge in [-0.25, -0.2) is 4.79 Å². The lowest BCUT2D eigenvalue weighted by Gasteiger charge is -2.17. The number of H-pyrrole nitrogens is 1. The van der Waals surface area contributed by atoms with Crippen LogP contribution in [0, 0.1) is 0 Å². The third-order valence-electron chi connectivity index (χ3n) is 5.53. The maximum absolute atomic E-state index is 12.8. The van der Waals surface area contributed by atoms with Crippen molar-refractivity contribution in [3.05, 3.63) is 80.6 Å². The second-order valence-electron chi connectivity index (χ2n) is 7.63. The summed E-state index contributed by atoms with van der Waals surface area (Å²) in [7, 11) is 0. The van der Waals surface area contributed by atoms with Crippen molar-refractivity contribution in [2.24, 2.45) is 0 Å². The summed E-state index contributed by atoms with van der Waals surface area (Å²) < 4.78 is 6.52. The number of nitrogens with one attached hydrogen (secondary N) is 2. The minimum absolute atomic E-state index is 0.0473. The van der Waals surface area contributed by atoms with Crippen LogP contribution in [-0.4, -0.2) is 44.5 Å². The molecule has 31 heavy (non-hydrogen) atoms. The normalized spacial score (nSPS) is 21.8. The van der Waals surface area contributed by atoms with Crippen molar-refractivity contribution in [3.63, 3.8) is 0 Å². The number of aromatic nitrogens is 2. The minimum atomic E-state index is -0.959. The zero-order valence-corrected chi connectivity index (χ0v) is 16.8. The smallest absolute Gasteiger partial charge is 0.330 e. The Balaban J connectivity index is 1.57. The van der Waals surface area contributed by atoms with Crippen LogP contribution in [0.25, 0.3) is 10.8 Å². The van der Waals surface area contributed by atoms with Crippen LogP contribution in [0.5, 0.6) is 0 Å². The first-order valence-corrected chi connectivity index (χ1v) is 9.97. The van der Waals surface area contributed by atoms with Gasteiger partial charge in [-0.1, -0.05) is 36.4 Å². The number of aliphatic hydroxyl groups excluding tert-OH is 2. The Morgan fingerprint density at radius 3 is 2.71 bits per heavy atom. The first kappa shape index (κ1) is 21.0. The fourth-order valence-corrected chi connectivity index (χ4v) is 3.75. The minimum Gasteiger partial charge on any atom is -0.394 e. The van der Waals surface area contributed by atoms with E-state index in [9.17, 15) is 24.6 Å². The van der Waals surface area contributed by atoms with Gasteiger partial charge in [-0.15, -0.1) is 0 Å². The van der Waals surface area contributed by atoms with Gasteiger partial charge in [0.05, 0.1) is 18.8 Å². The number of carbonyl (C=O) groups is 1. The first-order chi connectivity index (χ1) is 14.9. The molecule has 162 valence electrons. The van der Waals surface area contributed by atoms with Gasteiger partial charge in [-0.05, 0) is 29.3 Å². The summed E-state index contributed by atoms with van der Waals surface area (Å²) in [6.45, 7) is 1.39. The SMILES string of the molecule is CC(NC(=O)c1cn([C@H]2C[C@H](O)[C@@H](CO)O2)c(=O)[nH]c1=O)c1ccc2ccccc2c1. The van der Waals surface area contributed by atoms with Crippen molar-refractivity contribution in [1.82, 2.24) is 14.9 Å². The molecule has 1 unspecified atom stereocenters. The predicted octanol–water partition coefficient (Wildman–Crippen LogP) is 0.822. The van der Waals surface area contributed by atoms with E-state index in [1.807, 2.05) is 42.5 Å². The molecule has 1 aliphatic heterocycles. The summed E-state index contributed by atoms with van der Waals surface area (Å²) in [5.74, 6) is -0.645. The number of benzene rings is 2. The molecule has 9 nitrogen and oxygen atoms in total. The van der Waals surface area contributed by atoms with E-state index in [1.165, 1.54) is 0 Å². The van der Waals surface area contributed by atoms with Crippen LogP contribution in [0.15, 0.2) is 58.3 Å². The first-order valence-electron chi connectivity index (χ1n) is 9.97. The maximum Gasteiger partial charge on any atom is 0.330 e. The summed E-state index contributed by atoms with van der Waals surface area (Å²) >= 11 is 0. The lowest BCUT2D eigenvalue weighted by Crippen LogP contribution is -2.39. The highest BCUT2D eigenvalue weighted by atomic mass is 16.5. The Bertz CT molecular complexity index is 1230. The molecule has 1 aromatic heterocycles. The molecule has 9 heteroatoms. The highest BCUT2D eigenvalue weighted by molar-refractivity contribution is 5.94. The number of rotatable bonds is 5. The topological polar surface area (TPSA) is 134 Å². The molecular weight excluding hydrogens is 402 g/mol. The number of hydrogen-bond donors (Lipinski definition) is 4. The van der Waals surface area contributed by atoms with E-state index in [4.69, 9.17) is 4.74 Å². The molecule has 1 amide bonds. The molecule has 0 saturated carbocycles. The zero-order chi connectivity index (χ0) is 22.1. The Labute approximate surface area is 176 Å². The number of aromatic amines is 1. The molecule has 0 radical (unpaired) electrons. The molecule has 0 bridgehead atoms. The van der Waals surface area contributed by atoms with E-state index in [-0.39, 0.29) is 18.0 Å². The summed E-state index contributed by atoms with van der Waals surface area (Å²) in [4.78, 5) is 39.4. The van der Waals surface area contributed by atoms with Gasteiger partial charge in [0.1, 0.15) is 17.9 Å². The zero-order valence-electron chi connectivity index (χ0n) is 16.8. The summed E-state index contributed by atoms with van der Waals surface area (Å²) in [5, 5.41) is 24.0. The average Bonchev–Trinajstić information content (AvgIpc) is 3.13. The molecular formula is C22H23N3O6. The molecule has 0 spiro atoms. The summed E-state index contributed by atoms with van der Waals surface area (Å²) in [6.07, 6.45) is -1.53. The van der Waals surface area contributed by atoms with Gasteiger partial charge in [-0.3, -0.25) is 19.1 Å². The highest BCUT2D eigenvalue weighted by Crippen LogP contribution is 2.27. The van der Waals surface area contributed by atoms with Crippen molar-refractivity contribution < 1.29 is 19.7 Å². The van der Waals surface area contributed by atoms with E-state index >= 15 is 0 Å². The molecule has 1 aliphatic rings. The van der Waals surface area contributed by atoms with E-state index in [2.05, 4.69) is 10.3 Å². The monoisotopic (exact) mass is 425 g/mol. The maximum atomic E-state index is 12.8. The molecule has 0 aliphatic carbocycles. The van der Waals surface area contributed by atoms with E-state index < -0.39 is 42.2 Å². The Morgan fingerprint density at radius 2 is 2.00 bits per heavy atom. The van der Waals surface area contributed by atoms with Crippen LogP contribution in [-0.2, 0) is 4.74 Å². The molecule has 2 heterocycles. The molecule has 1 fully saturated rings. The van der Waals surface area contributed by atoms with Gasteiger partial charge in [0, 0.05) is 12.6 Å². The van der Waals surface area contributed by atoms with Crippen molar-refractivity contribution in [2.45, 2.75) is 37.8 Å². The van der Waals surface area contributed by atoms with Crippen LogP contribution >= 0.6 is 0 Å². The van der Waals surface area contributed by atoms with Crippen molar-refractivity contribution in [2.75, 3.05) is 6.61 Å². The Kier molecular flexibility index (Phi) is 5.73. The van der Waals surface area contributed by atoms with Crippen LogP contribution in [0.4, 0.5) is 0 Å². The van der Waals surface area contributed by atoms with E-state index in [0.29, 0.717) is 0 Å². The predicted molar refractivity (Wildman–Crippen MR) is 113 cm³/mol. The molecule has 4 atom stereocenters. The molecule has 4 N–H and O–H groups in total. The number of nitrogens with zero attached hydrogens (tertiary/aromatic N) is 1. The second-order valence-corrected chi connectivity index (χ2v) is 7.63. The quantitative estimate of drug-likeness (QED) is 0.478. The number of amides is 1. The lowest BCUT2D eigenvalue weighted by molar-refractivity contribution is -0.0459. The number of fused-ring (bicyclic) bond motifs is 1. The molecule has 1 saturated heterocycles. The van der Waals surface area contributed by atoms with Gasteiger partial charge in [0.25, 0.3) is 11.5 Å². The third kappa shape index (κ3) is 4.15. The fourth-order valence-electron chi connectivity index (χ4n) is 3.75. The van der Waals surface area contributed by atoms with Crippen molar-refractivity contribution >= 4 is 16.7 Å². The highest BCUT2D eigenvalue weighted by Gasteiger charge is 2.35. The van der Waals surface area contributed by atoms with Crippen LogP contribution in [0.1, 0.15) is 41.5 Å². The van der Waals surface area contributed by atoms with E-state index in [0.717, 1.165) is 27.1 Å². The van der Waals surface area contributed by atoms with Gasteiger partial charge in [-0.2, -0.15) is 0 Å². The van der Waals surface area contributed by atoms with Crippen molar-refractivity contribution in [3.8, 4) is 0 Å². The summed E-state index contributed by atoms with van der Waals surface area (Å²) in [6, 6.07) is 13.3. The fraction of sp³-hybridized carbons (Fsp3) is 0.318. The Morgan fingerprint density at radius 1 is 1.26 bits per heavy atom. The number of hydrogen-bond acceptors (Lipinski definition) is 6. The number of aliphatic hydroxyl groups is 2. The van der Waals surface area contributed by atoms with Crippen molar-refractivity contribution in [1.29, 1.82) is 0 Å². The molecule has 2 aromatic carbocycles. The average molecular weight is 425 g/mol. The number of carbonyl (C=O) groups excluding carboxylic acids is 1. The van der Waals surface area contributed by atoms with E-state index in [1.54, 1.807) is 6.92 Å². The third-order valence-corrected chi connectivity index (χ3v) is 5.53. The van der Waals surface area contributed by atoms with Gasteiger partial charge < -0.3 is 20.3 Å². The van der Waals surface area contributed by atoms with Crippen LogP contribution in [0.3, 0.4) is 0 Å². The number of ether oxygens (including phenoxy) is 1. The van der Waals surface area contributed by atoms with Crippen LogP contribution < -0.4 is 16.6 Å². The standard InChI is InChI=1S/C22H23N3O6/c1-12(14-7-6-13-4-2-3-5-15(13)8-14)23-20(28)16-10-25(22(30)24-21(16)29)19-9-17(27)18(11-26)31-19/h2-8,10,12,17-19,26-27H,9,11H2,1H3,(H,23,28)(H,24,29,30)/t12?,17-,18+,19+/m0/s1. The largest absolute Gasteiger partial charge is 0.394 e. The van der Waals surface area contributed by atoms with Gasteiger partial charge in [0.15, 0.2) is 0 Å². The molecule has 3 aromatic rings. The van der Waals surface area contributed by atoms with Gasteiger partial charge >= 0.3 is 5.69 Å². The summed E-state index contributed by atoms with van der Waals surface area (Å²) in [5.41, 5.74) is -0.968. The van der Waals surface area contributed by atoms with Crippen LogP contribution in [0.2, 0.25) is 0 Å². The van der Waals surface area contributed by atoms with Gasteiger partial charge in [0.2, 0.25) is 0 Å². The molecule has 4 rings (SSSR count). The second kappa shape index (κ2) is 8.46.